The average molecular weight is 585 g/mol. The number of halogens is 1. The highest BCUT2D eigenvalue weighted by Crippen LogP contribution is 2.34. The monoisotopic (exact) mass is 584 g/mol. The molecule has 2 aliphatic rings. The Bertz CT molecular complexity index is 1610. The molecule has 41 heavy (non-hydrogen) atoms. The third kappa shape index (κ3) is 6.25. The van der Waals surface area contributed by atoms with Gasteiger partial charge in [-0.15, -0.1) is 0 Å². The molecule has 0 aliphatic carbocycles. The molecule has 3 heterocycles. The molecule has 2 aliphatic heterocycles. The fourth-order valence-corrected chi connectivity index (χ4v) is 6.04. The van der Waals surface area contributed by atoms with Crippen molar-refractivity contribution < 1.29 is 14.3 Å². The van der Waals surface area contributed by atoms with Gasteiger partial charge in [-0.3, -0.25) is 4.79 Å². The van der Waals surface area contributed by atoms with Crippen LogP contribution in [0.3, 0.4) is 0 Å². The van der Waals surface area contributed by atoms with E-state index in [1.54, 1.807) is 0 Å². The molecule has 0 unspecified atom stereocenters. The van der Waals surface area contributed by atoms with Crippen LogP contribution in [0.2, 0.25) is 5.02 Å². The van der Waals surface area contributed by atoms with Gasteiger partial charge in [-0.25, -0.2) is 4.68 Å². The van der Waals surface area contributed by atoms with E-state index in [1.807, 2.05) is 110 Å². The fourth-order valence-electron chi connectivity index (χ4n) is 4.92. The molecule has 1 amide bonds. The topological polar surface area (TPSA) is 69.0 Å². The normalized spacial score (nSPS) is 20.0. The molecular formula is C32H29ClN4O3S. The molecule has 0 spiro atoms. The third-order valence-electron chi connectivity index (χ3n) is 6.83. The number of benzene rings is 3. The maximum atomic E-state index is 13.0. The van der Waals surface area contributed by atoms with Crippen LogP contribution in [0.4, 0.5) is 0 Å². The molecule has 9 heteroatoms. The first-order valence-electron chi connectivity index (χ1n) is 13.5. The van der Waals surface area contributed by atoms with Crippen LogP contribution in [-0.2, 0) is 16.1 Å². The van der Waals surface area contributed by atoms with Gasteiger partial charge < -0.3 is 14.4 Å². The van der Waals surface area contributed by atoms with Crippen LogP contribution in [-0.4, -0.2) is 51.1 Å². The van der Waals surface area contributed by atoms with E-state index in [9.17, 15) is 4.79 Å². The number of aromatic nitrogens is 2. The minimum atomic E-state index is -0.237. The first-order valence-corrected chi connectivity index (χ1v) is 14.7. The summed E-state index contributed by atoms with van der Waals surface area (Å²) in [6.07, 6.45) is 4.00. The number of hydrogen-bond acceptors (Lipinski definition) is 6. The van der Waals surface area contributed by atoms with Crippen molar-refractivity contribution in [3.63, 3.8) is 0 Å². The number of amides is 1. The lowest BCUT2D eigenvalue weighted by atomic mass is 10.1. The van der Waals surface area contributed by atoms with Crippen molar-refractivity contribution in [3.05, 3.63) is 106 Å². The van der Waals surface area contributed by atoms with E-state index in [2.05, 4.69) is 9.89 Å². The summed E-state index contributed by atoms with van der Waals surface area (Å²) in [5.41, 5.74) is 4.35. The van der Waals surface area contributed by atoms with E-state index in [0.717, 1.165) is 39.0 Å². The number of carbonyl (C=O) groups excluding carboxylic acids is 1. The summed E-state index contributed by atoms with van der Waals surface area (Å²) < 4.78 is 13.7. The number of thioether (sulfide) groups is 1. The van der Waals surface area contributed by atoms with Gasteiger partial charge in [0.1, 0.15) is 12.4 Å². The van der Waals surface area contributed by atoms with Crippen LogP contribution in [0.25, 0.3) is 23.0 Å². The summed E-state index contributed by atoms with van der Waals surface area (Å²) in [5.74, 6) is 0.489. The number of aliphatic imine (C=N–C) groups is 1. The summed E-state index contributed by atoms with van der Waals surface area (Å²) in [4.78, 5) is 20.1. The van der Waals surface area contributed by atoms with Crippen molar-refractivity contribution >= 4 is 40.5 Å². The Hall–Kier alpha value is -3.85. The van der Waals surface area contributed by atoms with E-state index in [0.29, 0.717) is 29.6 Å². The van der Waals surface area contributed by atoms with Crippen LogP contribution in [0.15, 0.2) is 95.0 Å². The number of carbonyl (C=O) groups is 1. The molecule has 7 nitrogen and oxygen atoms in total. The van der Waals surface area contributed by atoms with Gasteiger partial charge in [0.2, 0.25) is 0 Å². The van der Waals surface area contributed by atoms with Gasteiger partial charge in [0, 0.05) is 41.0 Å². The Balaban J connectivity index is 1.27. The predicted molar refractivity (Wildman–Crippen MR) is 164 cm³/mol. The number of hydrogen-bond donors (Lipinski definition) is 0. The van der Waals surface area contributed by atoms with Gasteiger partial charge >= 0.3 is 0 Å². The fraction of sp³-hybridized carbons (Fsp3) is 0.219. The molecule has 6 rings (SSSR count). The van der Waals surface area contributed by atoms with Gasteiger partial charge in [-0.05, 0) is 74.1 Å². The molecule has 0 saturated carbocycles. The Morgan fingerprint density at radius 3 is 2.44 bits per heavy atom. The standard InChI is InChI=1S/C32H29ClN4O3S/c1-21-17-36(18-22(2)40-21)32-34-31(38)29(41-32)16-25-19-37(26-9-4-3-5-10-26)35-30(25)23-12-14-27(15-13-23)39-20-24-8-6-7-11-28(24)33/h3-16,19,21-22H,17-18,20H2,1-2H3/b29-16-/t21-,22+. The Morgan fingerprint density at radius 2 is 1.71 bits per heavy atom. The van der Waals surface area contributed by atoms with Gasteiger partial charge in [0.25, 0.3) is 5.91 Å². The van der Waals surface area contributed by atoms with Crippen molar-refractivity contribution in [3.8, 4) is 22.7 Å². The van der Waals surface area contributed by atoms with Crippen LogP contribution < -0.4 is 4.74 Å². The minimum absolute atomic E-state index is 0.0810. The van der Waals surface area contributed by atoms with Gasteiger partial charge in [0.15, 0.2) is 5.17 Å². The van der Waals surface area contributed by atoms with Crippen LogP contribution in [0, 0.1) is 0 Å². The number of nitrogens with zero attached hydrogens (tertiary/aromatic N) is 4. The second-order valence-electron chi connectivity index (χ2n) is 10.1. The van der Waals surface area contributed by atoms with Gasteiger partial charge in [-0.1, -0.05) is 48.0 Å². The molecule has 4 aromatic rings. The van der Waals surface area contributed by atoms with Crippen LogP contribution in [0.1, 0.15) is 25.0 Å². The predicted octanol–water partition coefficient (Wildman–Crippen LogP) is 6.85. The second-order valence-corrected chi connectivity index (χ2v) is 11.5. The largest absolute Gasteiger partial charge is 0.489 e. The highest BCUT2D eigenvalue weighted by Gasteiger charge is 2.31. The highest BCUT2D eigenvalue weighted by molar-refractivity contribution is 8.18. The SMILES string of the molecule is C[C@@H]1CN(C2=NC(=O)/C(=C/c3cn(-c4ccccc4)nc3-c3ccc(OCc4ccccc4Cl)cc3)S2)C[C@H](C)O1. The molecule has 0 N–H and O–H groups in total. The van der Waals surface area contributed by atoms with Crippen molar-refractivity contribution in [1.29, 1.82) is 0 Å². The van der Waals surface area contributed by atoms with Crippen LogP contribution in [0.5, 0.6) is 5.75 Å². The molecule has 1 fully saturated rings. The number of ether oxygens (including phenoxy) is 2. The quantitative estimate of drug-likeness (QED) is 0.231. The maximum Gasteiger partial charge on any atom is 0.286 e. The molecule has 0 radical (unpaired) electrons. The zero-order valence-electron chi connectivity index (χ0n) is 22.7. The molecule has 3 aromatic carbocycles. The van der Waals surface area contributed by atoms with Crippen molar-refractivity contribution in [2.75, 3.05) is 13.1 Å². The summed E-state index contributed by atoms with van der Waals surface area (Å²) in [6.45, 7) is 5.87. The van der Waals surface area contributed by atoms with Gasteiger partial charge in [0.05, 0.1) is 28.5 Å². The lowest BCUT2D eigenvalue weighted by Crippen LogP contribution is -2.47. The van der Waals surface area contributed by atoms with E-state index in [4.69, 9.17) is 26.2 Å². The zero-order valence-corrected chi connectivity index (χ0v) is 24.3. The Labute approximate surface area is 248 Å². The maximum absolute atomic E-state index is 13.0. The molecule has 208 valence electrons. The highest BCUT2D eigenvalue weighted by atomic mass is 35.5. The summed E-state index contributed by atoms with van der Waals surface area (Å²) in [5, 5.41) is 6.31. The smallest absolute Gasteiger partial charge is 0.286 e. The van der Waals surface area contributed by atoms with E-state index in [-0.39, 0.29) is 18.1 Å². The number of morpholine rings is 1. The Kier molecular flexibility index (Phi) is 7.96. The average Bonchev–Trinajstić information content (AvgIpc) is 3.56. The molecule has 0 bridgehead atoms. The van der Waals surface area contributed by atoms with E-state index in [1.165, 1.54) is 11.8 Å². The Morgan fingerprint density at radius 1 is 1.00 bits per heavy atom. The number of rotatable bonds is 6. The van der Waals surface area contributed by atoms with E-state index >= 15 is 0 Å². The van der Waals surface area contributed by atoms with Crippen molar-refractivity contribution in [1.82, 2.24) is 14.7 Å². The third-order valence-corrected chi connectivity index (χ3v) is 8.24. The number of amidine groups is 1. The van der Waals surface area contributed by atoms with Crippen LogP contribution >= 0.6 is 23.4 Å². The molecular weight excluding hydrogens is 556 g/mol. The molecule has 1 saturated heterocycles. The summed E-state index contributed by atoms with van der Waals surface area (Å²) in [6, 6.07) is 25.3. The summed E-state index contributed by atoms with van der Waals surface area (Å²) in [7, 11) is 0. The van der Waals surface area contributed by atoms with Crippen molar-refractivity contribution in [2.24, 2.45) is 4.99 Å². The van der Waals surface area contributed by atoms with Crippen molar-refractivity contribution in [2.45, 2.75) is 32.7 Å². The zero-order chi connectivity index (χ0) is 28.3. The van der Waals surface area contributed by atoms with E-state index < -0.39 is 0 Å². The number of para-hydroxylation sites is 1. The lowest BCUT2D eigenvalue weighted by Gasteiger charge is -2.35. The first kappa shape index (κ1) is 27.3. The first-order chi connectivity index (χ1) is 19.9. The molecule has 2 atom stereocenters. The minimum Gasteiger partial charge on any atom is -0.489 e. The second kappa shape index (κ2) is 11.9. The molecule has 1 aromatic heterocycles. The summed E-state index contributed by atoms with van der Waals surface area (Å²) >= 11 is 7.68. The lowest BCUT2D eigenvalue weighted by molar-refractivity contribution is -0.113. The van der Waals surface area contributed by atoms with Gasteiger partial charge in [-0.2, -0.15) is 10.1 Å².